The maximum Gasteiger partial charge on any atom is 0.433 e. The molecule has 1 aromatic carbocycles. The number of pyridine rings is 2. The van der Waals surface area contributed by atoms with Crippen molar-refractivity contribution in [2.24, 2.45) is 5.73 Å². The minimum atomic E-state index is -4.58. The minimum absolute atomic E-state index is 0.0248. The van der Waals surface area contributed by atoms with Gasteiger partial charge in [0.2, 0.25) is 0 Å². The molecule has 0 atom stereocenters. The van der Waals surface area contributed by atoms with Crippen LogP contribution in [0.3, 0.4) is 0 Å². The van der Waals surface area contributed by atoms with E-state index in [-0.39, 0.29) is 33.9 Å². The van der Waals surface area contributed by atoms with Crippen LogP contribution >= 0.6 is 0 Å². The number of primary amides is 1. The predicted molar refractivity (Wildman–Crippen MR) is 115 cm³/mol. The highest BCUT2D eigenvalue weighted by molar-refractivity contribution is 6.06. The first-order chi connectivity index (χ1) is 15.3. The minimum Gasteiger partial charge on any atom is -0.455 e. The number of hydrogen-bond donors (Lipinski definition) is 2. The van der Waals surface area contributed by atoms with Crippen LogP contribution in [0.15, 0.2) is 54.9 Å². The van der Waals surface area contributed by atoms with Gasteiger partial charge in [0.15, 0.2) is 0 Å². The summed E-state index contributed by atoms with van der Waals surface area (Å²) in [5.41, 5.74) is 5.10. The summed E-state index contributed by atoms with van der Waals surface area (Å²) in [5, 5.41) is 2.64. The van der Waals surface area contributed by atoms with Crippen molar-refractivity contribution in [2.45, 2.75) is 32.4 Å². The fraction of sp³-hybridized carbons (Fsp3) is 0.217. The molecule has 172 valence electrons. The molecule has 3 rings (SSSR count). The van der Waals surface area contributed by atoms with Crippen molar-refractivity contribution in [1.29, 1.82) is 0 Å². The highest BCUT2D eigenvalue weighted by Gasteiger charge is 2.32. The maximum atomic E-state index is 13.0. The van der Waals surface area contributed by atoms with E-state index in [9.17, 15) is 22.8 Å². The number of anilines is 1. The fourth-order valence-electron chi connectivity index (χ4n) is 2.84. The molecule has 0 radical (unpaired) electrons. The number of carbonyl (C=O) groups excluding carboxylic acids is 2. The van der Waals surface area contributed by atoms with Crippen molar-refractivity contribution in [3.05, 3.63) is 77.4 Å². The normalized spacial score (nSPS) is 11.7. The van der Waals surface area contributed by atoms with Gasteiger partial charge in [-0.2, -0.15) is 13.2 Å². The lowest BCUT2D eigenvalue weighted by molar-refractivity contribution is -0.141. The SMILES string of the molecule is CC(C)(C)c1ccc(C(=O)Nc2ccnc(C(N)=O)c2)c(Oc2ccc(C(F)(F)F)nc2)c1. The quantitative estimate of drug-likeness (QED) is 0.563. The molecule has 3 N–H and O–H groups in total. The van der Waals surface area contributed by atoms with Crippen LogP contribution in [0.2, 0.25) is 0 Å². The summed E-state index contributed by atoms with van der Waals surface area (Å²) in [5.74, 6) is -1.15. The van der Waals surface area contributed by atoms with Gasteiger partial charge in [0.05, 0.1) is 11.8 Å². The number of hydrogen-bond acceptors (Lipinski definition) is 5. The van der Waals surface area contributed by atoms with Crippen molar-refractivity contribution >= 4 is 17.5 Å². The van der Waals surface area contributed by atoms with Gasteiger partial charge in [0, 0.05) is 11.9 Å². The molecule has 0 saturated heterocycles. The van der Waals surface area contributed by atoms with Crippen molar-refractivity contribution < 1.29 is 27.5 Å². The van der Waals surface area contributed by atoms with Gasteiger partial charge < -0.3 is 15.8 Å². The molecule has 10 heteroatoms. The molecule has 0 aliphatic heterocycles. The van der Waals surface area contributed by atoms with Crippen LogP contribution in [-0.2, 0) is 11.6 Å². The highest BCUT2D eigenvalue weighted by atomic mass is 19.4. The molecule has 0 spiro atoms. The lowest BCUT2D eigenvalue weighted by Gasteiger charge is -2.21. The summed E-state index contributed by atoms with van der Waals surface area (Å²) in [7, 11) is 0. The number of nitrogens with zero attached hydrogens (tertiary/aromatic N) is 2. The number of aromatic nitrogens is 2. The summed E-state index contributed by atoms with van der Waals surface area (Å²) in [4.78, 5) is 31.5. The molecule has 0 bridgehead atoms. The van der Waals surface area contributed by atoms with Crippen LogP contribution in [0.25, 0.3) is 0 Å². The molecule has 0 unspecified atom stereocenters. The average molecular weight is 458 g/mol. The smallest absolute Gasteiger partial charge is 0.433 e. The van der Waals surface area contributed by atoms with Gasteiger partial charge >= 0.3 is 6.18 Å². The zero-order chi connectivity index (χ0) is 24.4. The summed E-state index contributed by atoms with van der Waals surface area (Å²) >= 11 is 0. The number of nitrogens with two attached hydrogens (primary N) is 1. The summed E-state index contributed by atoms with van der Waals surface area (Å²) < 4.78 is 44.1. The van der Waals surface area contributed by atoms with E-state index in [4.69, 9.17) is 10.5 Å². The molecule has 7 nitrogen and oxygen atoms in total. The third kappa shape index (κ3) is 5.85. The first kappa shape index (κ1) is 23.7. The lowest BCUT2D eigenvalue weighted by atomic mass is 9.86. The van der Waals surface area contributed by atoms with Gasteiger partial charge in [-0.05, 0) is 47.4 Å². The van der Waals surface area contributed by atoms with Gasteiger partial charge in [-0.15, -0.1) is 0 Å². The number of carbonyl (C=O) groups is 2. The number of benzene rings is 1. The largest absolute Gasteiger partial charge is 0.455 e. The Morgan fingerprint density at radius 2 is 1.73 bits per heavy atom. The second-order valence-corrected chi connectivity index (χ2v) is 8.19. The van der Waals surface area contributed by atoms with E-state index < -0.39 is 23.7 Å². The molecular formula is C23H21F3N4O3. The second-order valence-electron chi connectivity index (χ2n) is 8.19. The molecule has 3 aromatic rings. The number of alkyl halides is 3. The van der Waals surface area contributed by atoms with Crippen LogP contribution in [0, 0.1) is 0 Å². The number of amides is 2. The molecular weight excluding hydrogens is 437 g/mol. The van der Waals surface area contributed by atoms with Gasteiger partial charge in [-0.3, -0.25) is 14.6 Å². The Kier molecular flexibility index (Phi) is 6.39. The van der Waals surface area contributed by atoms with Crippen molar-refractivity contribution in [3.8, 4) is 11.5 Å². The van der Waals surface area contributed by atoms with E-state index in [0.717, 1.165) is 23.9 Å². The Bertz CT molecular complexity index is 1190. The van der Waals surface area contributed by atoms with Crippen molar-refractivity contribution in [1.82, 2.24) is 9.97 Å². The Labute approximate surface area is 187 Å². The van der Waals surface area contributed by atoms with Crippen LogP contribution in [0.1, 0.15) is 52.9 Å². The van der Waals surface area contributed by atoms with E-state index in [0.29, 0.717) is 0 Å². The number of halogens is 3. The number of nitrogens with one attached hydrogen (secondary N) is 1. The molecule has 2 heterocycles. The molecule has 0 aliphatic carbocycles. The highest BCUT2D eigenvalue weighted by Crippen LogP contribution is 2.33. The zero-order valence-electron chi connectivity index (χ0n) is 18.0. The molecule has 2 aromatic heterocycles. The van der Waals surface area contributed by atoms with E-state index in [1.807, 2.05) is 20.8 Å². The lowest BCUT2D eigenvalue weighted by Crippen LogP contribution is -2.17. The Hall–Kier alpha value is -3.95. The molecule has 0 saturated carbocycles. The topological polar surface area (TPSA) is 107 Å². The fourth-order valence-corrected chi connectivity index (χ4v) is 2.84. The maximum absolute atomic E-state index is 13.0. The van der Waals surface area contributed by atoms with Gasteiger partial charge in [0.25, 0.3) is 11.8 Å². The summed E-state index contributed by atoms with van der Waals surface area (Å²) in [6.45, 7) is 5.90. The van der Waals surface area contributed by atoms with Gasteiger partial charge in [-0.1, -0.05) is 26.8 Å². The van der Waals surface area contributed by atoms with Gasteiger partial charge in [0.1, 0.15) is 22.9 Å². The number of rotatable bonds is 5. The van der Waals surface area contributed by atoms with E-state index in [1.165, 1.54) is 18.3 Å². The van der Waals surface area contributed by atoms with Crippen molar-refractivity contribution in [3.63, 3.8) is 0 Å². The van der Waals surface area contributed by atoms with E-state index >= 15 is 0 Å². The van der Waals surface area contributed by atoms with Crippen LogP contribution < -0.4 is 15.8 Å². The molecule has 2 amide bonds. The molecule has 0 aliphatic rings. The predicted octanol–water partition coefficient (Wildman–Crippen LogP) is 4.94. The van der Waals surface area contributed by atoms with Crippen LogP contribution in [0.5, 0.6) is 11.5 Å². The van der Waals surface area contributed by atoms with Gasteiger partial charge in [-0.25, -0.2) is 4.98 Å². The second kappa shape index (κ2) is 8.89. The van der Waals surface area contributed by atoms with Crippen LogP contribution in [0.4, 0.5) is 18.9 Å². The van der Waals surface area contributed by atoms with Crippen molar-refractivity contribution in [2.75, 3.05) is 5.32 Å². The third-order valence-electron chi connectivity index (χ3n) is 4.62. The van der Waals surface area contributed by atoms with E-state index in [1.54, 1.807) is 18.2 Å². The standard InChI is InChI=1S/C23H21F3N4O3/c1-22(2,3)13-4-6-16(21(32)30-14-8-9-28-17(11-14)20(27)31)18(10-13)33-15-5-7-19(29-12-15)23(24,25)26/h4-12H,1-3H3,(H2,27,31)(H,28,30,32). The Morgan fingerprint density at radius 3 is 2.30 bits per heavy atom. The Morgan fingerprint density at radius 1 is 1.00 bits per heavy atom. The first-order valence-corrected chi connectivity index (χ1v) is 9.77. The molecule has 33 heavy (non-hydrogen) atoms. The van der Waals surface area contributed by atoms with Crippen LogP contribution in [-0.4, -0.2) is 21.8 Å². The average Bonchev–Trinajstić information content (AvgIpc) is 2.73. The summed E-state index contributed by atoms with van der Waals surface area (Å²) in [6.07, 6.45) is -2.32. The monoisotopic (exact) mass is 458 g/mol. The summed E-state index contributed by atoms with van der Waals surface area (Å²) in [6, 6.07) is 9.69. The Balaban J connectivity index is 1.95. The molecule has 0 fully saturated rings. The number of ether oxygens (including phenoxy) is 1. The third-order valence-corrected chi connectivity index (χ3v) is 4.62. The van der Waals surface area contributed by atoms with E-state index in [2.05, 4.69) is 15.3 Å². The zero-order valence-corrected chi connectivity index (χ0v) is 18.0. The first-order valence-electron chi connectivity index (χ1n) is 9.77.